The molecule has 4 aliphatic heterocycles. The van der Waals surface area contributed by atoms with Crippen molar-refractivity contribution in [3.05, 3.63) is 114 Å². The Morgan fingerprint density at radius 3 is 1.52 bits per heavy atom. The summed E-state index contributed by atoms with van der Waals surface area (Å²) in [4.78, 5) is 5.41. The van der Waals surface area contributed by atoms with Crippen LogP contribution in [0.1, 0.15) is 49.3 Å². The first kappa shape index (κ1) is 24.4. The van der Waals surface area contributed by atoms with E-state index in [0.717, 1.165) is 25.9 Å². The van der Waals surface area contributed by atoms with E-state index >= 15 is 0 Å². The highest BCUT2D eigenvalue weighted by molar-refractivity contribution is 7.00. The van der Waals surface area contributed by atoms with Gasteiger partial charge in [-0.05, 0) is 99.1 Å². The largest absolute Gasteiger partial charge is 0.342 e. The van der Waals surface area contributed by atoms with E-state index in [4.69, 9.17) is 0 Å². The molecule has 0 aromatic heterocycles. The molecule has 0 radical (unpaired) electrons. The van der Waals surface area contributed by atoms with Gasteiger partial charge in [0, 0.05) is 35.8 Å². The molecule has 9 rings (SSSR count). The van der Waals surface area contributed by atoms with Crippen molar-refractivity contribution in [1.82, 2.24) is 0 Å². The van der Waals surface area contributed by atoms with E-state index in [2.05, 4.69) is 121 Å². The number of rotatable bonds is 3. The topological polar surface area (TPSA) is 6.48 Å². The van der Waals surface area contributed by atoms with E-state index in [1.807, 2.05) is 0 Å². The van der Waals surface area contributed by atoms with Crippen LogP contribution in [0.3, 0.4) is 0 Å². The van der Waals surface area contributed by atoms with Crippen molar-refractivity contribution in [2.45, 2.75) is 45.4 Å². The Balaban J connectivity index is 1.36. The number of hydrogen-bond acceptors (Lipinski definition) is 2. The second-order valence-electron chi connectivity index (χ2n) is 12.9. The highest BCUT2D eigenvalue weighted by Gasteiger charge is 2.45. The van der Waals surface area contributed by atoms with Gasteiger partial charge < -0.3 is 9.80 Å². The minimum atomic E-state index is 0.261. The SMILES string of the molecule is CC(C)c1cc2c3c(c1)N1CCCc4c(-c5ccccc5)ccc(c41)B3c1ccc(-c3ccccc3)c3c1N2CCC3. The maximum atomic E-state index is 2.70. The molecule has 5 aromatic carbocycles. The summed E-state index contributed by atoms with van der Waals surface area (Å²) >= 11 is 0. The maximum absolute atomic E-state index is 2.70. The van der Waals surface area contributed by atoms with Crippen LogP contribution in [0.15, 0.2) is 97.1 Å². The lowest BCUT2D eigenvalue weighted by Gasteiger charge is -2.48. The maximum Gasteiger partial charge on any atom is 0.252 e. The van der Waals surface area contributed by atoms with Crippen molar-refractivity contribution >= 4 is 45.9 Å². The van der Waals surface area contributed by atoms with Gasteiger partial charge in [-0.3, -0.25) is 0 Å². The summed E-state index contributed by atoms with van der Waals surface area (Å²) < 4.78 is 0. The van der Waals surface area contributed by atoms with Crippen LogP contribution in [0, 0.1) is 0 Å². The molecule has 4 heterocycles. The van der Waals surface area contributed by atoms with Gasteiger partial charge in [0.25, 0.3) is 6.71 Å². The summed E-state index contributed by atoms with van der Waals surface area (Å²) in [6.45, 7) is 7.14. The van der Waals surface area contributed by atoms with Crippen LogP contribution in [0.4, 0.5) is 22.7 Å². The first-order chi connectivity index (χ1) is 20.7. The van der Waals surface area contributed by atoms with Crippen LogP contribution in [-0.2, 0) is 12.8 Å². The third-order valence-electron chi connectivity index (χ3n) is 10.3. The predicted octanol–water partition coefficient (Wildman–Crippen LogP) is 7.46. The molecule has 0 saturated heterocycles. The fourth-order valence-electron chi connectivity index (χ4n) is 8.43. The van der Waals surface area contributed by atoms with Crippen LogP contribution in [-0.4, -0.2) is 19.8 Å². The monoisotopic (exact) mass is 542 g/mol. The predicted molar refractivity (Wildman–Crippen MR) is 180 cm³/mol. The Kier molecular flexibility index (Phi) is 5.30. The van der Waals surface area contributed by atoms with Crippen LogP contribution < -0.4 is 26.2 Å². The minimum Gasteiger partial charge on any atom is -0.342 e. The smallest absolute Gasteiger partial charge is 0.252 e. The molecular formula is C39H35BN2. The van der Waals surface area contributed by atoms with E-state index in [-0.39, 0.29) is 6.71 Å². The normalized spacial score (nSPS) is 15.8. The number of nitrogens with zero attached hydrogens (tertiary/aromatic N) is 2. The summed E-state index contributed by atoms with van der Waals surface area (Å²) in [6, 6.07) is 37.0. The molecule has 0 atom stereocenters. The Hall–Kier alpha value is -4.24. The van der Waals surface area contributed by atoms with E-state index in [0.29, 0.717) is 5.92 Å². The summed E-state index contributed by atoms with van der Waals surface area (Å²) in [6.07, 6.45) is 4.65. The molecule has 2 nitrogen and oxygen atoms in total. The third kappa shape index (κ3) is 3.34. The highest BCUT2D eigenvalue weighted by atomic mass is 15.2. The number of benzene rings is 5. The quantitative estimate of drug-likeness (QED) is 0.219. The van der Waals surface area contributed by atoms with E-state index < -0.39 is 0 Å². The van der Waals surface area contributed by atoms with Gasteiger partial charge in [0.15, 0.2) is 0 Å². The van der Waals surface area contributed by atoms with Crippen LogP contribution in [0.2, 0.25) is 0 Å². The summed E-state index contributed by atoms with van der Waals surface area (Å²) in [5, 5.41) is 0. The molecule has 0 aliphatic carbocycles. The van der Waals surface area contributed by atoms with Crippen LogP contribution in [0.25, 0.3) is 22.3 Å². The van der Waals surface area contributed by atoms with Crippen molar-refractivity contribution in [2.75, 3.05) is 22.9 Å². The van der Waals surface area contributed by atoms with E-state index in [1.54, 1.807) is 0 Å². The summed E-state index contributed by atoms with van der Waals surface area (Å²) in [5.41, 5.74) is 20.4. The van der Waals surface area contributed by atoms with E-state index in [1.165, 1.54) is 90.9 Å². The lowest BCUT2D eigenvalue weighted by Crippen LogP contribution is -2.63. The Bertz CT molecular complexity index is 1740. The van der Waals surface area contributed by atoms with Crippen molar-refractivity contribution < 1.29 is 0 Å². The number of anilines is 4. The highest BCUT2D eigenvalue weighted by Crippen LogP contribution is 2.47. The summed E-state index contributed by atoms with van der Waals surface area (Å²) in [5.74, 6) is 0.479. The molecule has 0 amide bonds. The van der Waals surface area contributed by atoms with Gasteiger partial charge in [-0.25, -0.2) is 0 Å². The van der Waals surface area contributed by atoms with Gasteiger partial charge in [-0.15, -0.1) is 0 Å². The lowest BCUT2D eigenvalue weighted by molar-refractivity contribution is 0.760. The number of fused-ring (bicyclic) bond motifs is 4. The molecular weight excluding hydrogens is 507 g/mol. The van der Waals surface area contributed by atoms with Crippen molar-refractivity contribution in [1.29, 1.82) is 0 Å². The molecule has 0 fully saturated rings. The molecule has 0 bridgehead atoms. The molecule has 0 saturated carbocycles. The van der Waals surface area contributed by atoms with Gasteiger partial charge in [0.1, 0.15) is 0 Å². The van der Waals surface area contributed by atoms with Crippen molar-refractivity contribution in [3.63, 3.8) is 0 Å². The second-order valence-corrected chi connectivity index (χ2v) is 12.9. The molecule has 0 unspecified atom stereocenters. The fourth-order valence-corrected chi connectivity index (χ4v) is 8.43. The number of hydrogen-bond donors (Lipinski definition) is 0. The average Bonchev–Trinajstić information content (AvgIpc) is 3.05. The van der Waals surface area contributed by atoms with Gasteiger partial charge in [0.2, 0.25) is 0 Å². The molecule has 42 heavy (non-hydrogen) atoms. The van der Waals surface area contributed by atoms with Crippen LogP contribution >= 0.6 is 0 Å². The molecule has 3 heteroatoms. The van der Waals surface area contributed by atoms with Crippen molar-refractivity contribution in [2.24, 2.45) is 0 Å². The Morgan fingerprint density at radius 2 is 1.07 bits per heavy atom. The molecule has 204 valence electrons. The Morgan fingerprint density at radius 1 is 0.595 bits per heavy atom. The Labute approximate surface area is 249 Å². The van der Waals surface area contributed by atoms with Crippen LogP contribution in [0.5, 0.6) is 0 Å². The van der Waals surface area contributed by atoms with Gasteiger partial charge >= 0.3 is 0 Å². The summed E-state index contributed by atoms with van der Waals surface area (Å²) in [7, 11) is 0. The molecule has 0 N–H and O–H groups in total. The average molecular weight is 543 g/mol. The molecule has 0 spiro atoms. The van der Waals surface area contributed by atoms with E-state index in [9.17, 15) is 0 Å². The third-order valence-corrected chi connectivity index (χ3v) is 10.3. The molecule has 4 aliphatic rings. The fraction of sp³-hybridized carbons (Fsp3) is 0.231. The molecule has 5 aromatic rings. The van der Waals surface area contributed by atoms with Crippen molar-refractivity contribution in [3.8, 4) is 22.3 Å². The first-order valence-corrected chi connectivity index (χ1v) is 15.8. The zero-order valence-corrected chi connectivity index (χ0v) is 24.5. The van der Waals surface area contributed by atoms with Gasteiger partial charge in [-0.2, -0.15) is 0 Å². The zero-order valence-electron chi connectivity index (χ0n) is 24.5. The zero-order chi connectivity index (χ0) is 27.9. The first-order valence-electron chi connectivity index (χ1n) is 15.8. The van der Waals surface area contributed by atoms with Gasteiger partial charge in [-0.1, -0.05) is 98.8 Å². The standard InChI is InChI=1S/C39H35BN2/c1-25(2)28-23-35-37-36(24-28)42-22-10-16-32-30(27-13-7-4-8-14-27)18-20-34(39(32)42)40(37)33-19-17-29(26-11-5-3-6-12-26)31-15-9-21-41(35)38(31)33/h3-8,11-14,17-20,23-25H,9-10,15-16,21-22H2,1-2H3. The van der Waals surface area contributed by atoms with Gasteiger partial charge in [0.05, 0.1) is 0 Å². The minimum absolute atomic E-state index is 0.261. The lowest BCUT2D eigenvalue weighted by atomic mass is 9.33. The second kappa shape index (κ2) is 9.13.